The van der Waals surface area contributed by atoms with Crippen LogP contribution < -0.4 is 10.6 Å². The quantitative estimate of drug-likeness (QED) is 0.558. The molecular weight excluding hydrogens is 405 g/mol. The molecule has 1 amide bonds. The van der Waals surface area contributed by atoms with Gasteiger partial charge in [0, 0.05) is 5.56 Å². The molecular formula is C22H22FN3O3S. The van der Waals surface area contributed by atoms with Crippen LogP contribution in [0, 0.1) is 12.7 Å². The van der Waals surface area contributed by atoms with Crippen LogP contribution in [-0.2, 0) is 4.74 Å². The van der Waals surface area contributed by atoms with Gasteiger partial charge >= 0.3 is 6.09 Å². The van der Waals surface area contributed by atoms with Gasteiger partial charge in [0.1, 0.15) is 22.1 Å². The molecule has 3 aromatic rings. The summed E-state index contributed by atoms with van der Waals surface area (Å²) >= 11 is 0.974. The molecule has 0 aliphatic heterocycles. The van der Waals surface area contributed by atoms with E-state index in [9.17, 15) is 14.0 Å². The first-order valence-electron chi connectivity index (χ1n) is 9.21. The average Bonchev–Trinajstić information content (AvgIpc) is 3.03. The molecule has 3 rings (SSSR count). The molecule has 0 aliphatic carbocycles. The third kappa shape index (κ3) is 4.83. The normalized spacial score (nSPS) is 11.2. The number of ketones is 1. The smallest absolute Gasteiger partial charge is 0.421 e. The molecule has 1 aromatic heterocycles. The molecule has 8 heteroatoms. The number of carbonyl (C=O) groups excluding carboxylic acids is 2. The van der Waals surface area contributed by atoms with Gasteiger partial charge in [0.15, 0.2) is 0 Å². The zero-order valence-corrected chi connectivity index (χ0v) is 17.9. The Labute approximate surface area is 178 Å². The average molecular weight is 428 g/mol. The maximum atomic E-state index is 13.4. The Morgan fingerprint density at radius 3 is 2.23 bits per heavy atom. The second-order valence-electron chi connectivity index (χ2n) is 7.70. The van der Waals surface area contributed by atoms with Crippen LogP contribution in [0.4, 0.5) is 25.8 Å². The van der Waals surface area contributed by atoms with Gasteiger partial charge in [-0.25, -0.2) is 19.1 Å². The zero-order chi connectivity index (χ0) is 22.1. The van der Waals surface area contributed by atoms with E-state index in [1.165, 1.54) is 29.2 Å². The maximum Gasteiger partial charge on any atom is 0.421 e. The first-order valence-corrected chi connectivity index (χ1v) is 10.0. The Hall–Kier alpha value is -3.26. The highest BCUT2D eigenvalue weighted by atomic mass is 32.1. The molecule has 1 heterocycles. The summed E-state index contributed by atoms with van der Waals surface area (Å²) in [6, 6.07) is 12.4. The highest BCUT2D eigenvalue weighted by Gasteiger charge is 2.29. The number of aromatic nitrogens is 1. The van der Waals surface area contributed by atoms with Gasteiger partial charge in [-0.2, -0.15) is 0 Å². The lowest BCUT2D eigenvalue weighted by Crippen LogP contribution is -2.33. The summed E-state index contributed by atoms with van der Waals surface area (Å²) in [5.41, 5.74) is 7.08. The molecule has 30 heavy (non-hydrogen) atoms. The topological polar surface area (TPSA) is 85.5 Å². The number of rotatable bonds is 4. The van der Waals surface area contributed by atoms with Crippen molar-refractivity contribution in [1.29, 1.82) is 0 Å². The molecule has 2 aromatic carbocycles. The highest BCUT2D eigenvalue weighted by Crippen LogP contribution is 2.35. The molecule has 0 saturated heterocycles. The second kappa shape index (κ2) is 8.23. The molecule has 0 bridgehead atoms. The third-order valence-electron chi connectivity index (χ3n) is 4.01. The van der Waals surface area contributed by atoms with Gasteiger partial charge in [-0.1, -0.05) is 41.2 Å². The van der Waals surface area contributed by atoms with Crippen LogP contribution in [0.3, 0.4) is 0 Å². The number of amides is 1. The van der Waals surface area contributed by atoms with Crippen LogP contribution in [0.5, 0.6) is 0 Å². The minimum absolute atomic E-state index is 0.0104. The van der Waals surface area contributed by atoms with Gasteiger partial charge in [0.2, 0.25) is 10.9 Å². The molecule has 0 radical (unpaired) electrons. The van der Waals surface area contributed by atoms with Crippen molar-refractivity contribution in [3.63, 3.8) is 0 Å². The van der Waals surface area contributed by atoms with E-state index < -0.39 is 17.5 Å². The minimum Gasteiger partial charge on any atom is -0.443 e. The van der Waals surface area contributed by atoms with E-state index in [0.717, 1.165) is 16.9 Å². The predicted molar refractivity (Wildman–Crippen MR) is 116 cm³/mol. The van der Waals surface area contributed by atoms with E-state index in [2.05, 4.69) is 4.98 Å². The number of hydrogen-bond donors (Lipinski definition) is 1. The molecule has 0 aliphatic rings. The number of hydrogen-bond acceptors (Lipinski definition) is 6. The van der Waals surface area contributed by atoms with Gasteiger partial charge in [0.25, 0.3) is 0 Å². The molecule has 2 N–H and O–H groups in total. The van der Waals surface area contributed by atoms with Crippen LogP contribution in [0.1, 0.15) is 41.6 Å². The van der Waals surface area contributed by atoms with Gasteiger partial charge in [-0.05, 0) is 52.0 Å². The van der Waals surface area contributed by atoms with E-state index in [1.807, 2.05) is 19.1 Å². The van der Waals surface area contributed by atoms with Crippen molar-refractivity contribution in [1.82, 2.24) is 4.98 Å². The number of nitrogens with zero attached hydrogens (tertiary/aromatic N) is 2. The lowest BCUT2D eigenvalue weighted by molar-refractivity contribution is 0.0599. The number of aryl methyl sites for hydroxylation is 1. The van der Waals surface area contributed by atoms with Gasteiger partial charge in [-0.15, -0.1) is 0 Å². The van der Waals surface area contributed by atoms with Gasteiger partial charge < -0.3 is 10.5 Å². The number of anilines is 3. The number of nitrogens with two attached hydrogens (primary N) is 1. The molecule has 0 unspecified atom stereocenters. The zero-order valence-electron chi connectivity index (χ0n) is 17.1. The van der Waals surface area contributed by atoms with Crippen molar-refractivity contribution in [2.75, 3.05) is 10.6 Å². The number of ether oxygens (including phenoxy) is 1. The van der Waals surface area contributed by atoms with E-state index >= 15 is 0 Å². The fraction of sp³-hybridized carbons (Fsp3) is 0.227. The lowest BCUT2D eigenvalue weighted by Gasteiger charge is -2.25. The summed E-state index contributed by atoms with van der Waals surface area (Å²) in [7, 11) is 0. The van der Waals surface area contributed by atoms with Gasteiger partial charge in [0.05, 0.1) is 5.69 Å². The summed E-state index contributed by atoms with van der Waals surface area (Å²) in [5.74, 6) is -0.729. The Balaban J connectivity index is 2.02. The van der Waals surface area contributed by atoms with Crippen molar-refractivity contribution >= 4 is 39.9 Å². The van der Waals surface area contributed by atoms with Crippen LogP contribution in [0.2, 0.25) is 0 Å². The van der Waals surface area contributed by atoms with E-state index in [-0.39, 0.29) is 21.6 Å². The molecule has 0 fully saturated rings. The van der Waals surface area contributed by atoms with Crippen LogP contribution >= 0.6 is 11.3 Å². The summed E-state index contributed by atoms with van der Waals surface area (Å²) in [4.78, 5) is 31.4. The van der Waals surface area contributed by atoms with Crippen molar-refractivity contribution in [3.8, 4) is 0 Å². The van der Waals surface area contributed by atoms with E-state index in [4.69, 9.17) is 10.5 Å². The fourth-order valence-electron chi connectivity index (χ4n) is 2.61. The van der Waals surface area contributed by atoms with Crippen molar-refractivity contribution in [2.24, 2.45) is 0 Å². The molecule has 0 atom stereocenters. The van der Waals surface area contributed by atoms with Crippen molar-refractivity contribution in [3.05, 3.63) is 70.4 Å². The van der Waals surface area contributed by atoms with E-state index in [0.29, 0.717) is 11.3 Å². The summed E-state index contributed by atoms with van der Waals surface area (Å²) < 4.78 is 18.9. The number of nitrogen functional groups attached to an aromatic ring is 1. The first kappa shape index (κ1) is 21.4. The number of benzene rings is 2. The largest absolute Gasteiger partial charge is 0.443 e. The maximum absolute atomic E-state index is 13.4. The summed E-state index contributed by atoms with van der Waals surface area (Å²) in [6.45, 7) is 7.12. The minimum atomic E-state index is -0.765. The molecule has 0 saturated carbocycles. The summed E-state index contributed by atoms with van der Waals surface area (Å²) in [5, 5.41) is 0.156. The van der Waals surface area contributed by atoms with Gasteiger partial charge in [-0.3, -0.25) is 4.79 Å². The predicted octanol–water partition coefficient (Wildman–Crippen LogP) is 5.48. The van der Waals surface area contributed by atoms with Crippen molar-refractivity contribution in [2.45, 2.75) is 33.3 Å². The van der Waals surface area contributed by atoms with Crippen LogP contribution in [0.25, 0.3) is 0 Å². The Morgan fingerprint density at radius 2 is 1.67 bits per heavy atom. The van der Waals surface area contributed by atoms with E-state index in [1.54, 1.807) is 32.9 Å². The number of thiazole rings is 1. The van der Waals surface area contributed by atoms with Crippen LogP contribution in [-0.4, -0.2) is 22.5 Å². The molecule has 6 nitrogen and oxygen atoms in total. The lowest BCUT2D eigenvalue weighted by atomic mass is 10.1. The summed E-state index contributed by atoms with van der Waals surface area (Å²) in [6.07, 6.45) is -0.711. The standard InChI is InChI=1S/C22H22FN3O3S/c1-13-5-7-14(8-6-13)17(27)18-19(24)25-20(30-18)26(21(28)29-22(2,3)4)16-11-9-15(23)10-12-16/h5-12H,24H2,1-4H3. The second-order valence-corrected chi connectivity index (χ2v) is 8.68. The Kier molecular flexibility index (Phi) is 5.89. The first-order chi connectivity index (χ1) is 14.0. The highest BCUT2D eigenvalue weighted by molar-refractivity contribution is 7.18. The Bertz CT molecular complexity index is 1070. The third-order valence-corrected chi connectivity index (χ3v) is 5.07. The molecule has 156 valence electrons. The van der Waals surface area contributed by atoms with Crippen LogP contribution in [0.15, 0.2) is 48.5 Å². The SMILES string of the molecule is Cc1ccc(C(=O)c2sc(N(C(=O)OC(C)(C)C)c3ccc(F)cc3)nc2N)cc1. The number of halogens is 1. The fourth-order valence-corrected chi connectivity index (χ4v) is 3.56. The monoisotopic (exact) mass is 427 g/mol. The number of carbonyl (C=O) groups is 2. The van der Waals surface area contributed by atoms with Crippen molar-refractivity contribution < 1.29 is 18.7 Å². The Morgan fingerprint density at radius 1 is 1.07 bits per heavy atom. The molecule has 0 spiro atoms.